The molecule has 0 unspecified atom stereocenters. The van der Waals surface area contributed by atoms with Crippen LogP contribution in [0.5, 0.6) is 5.75 Å². The van der Waals surface area contributed by atoms with Gasteiger partial charge < -0.3 is 4.74 Å². The summed E-state index contributed by atoms with van der Waals surface area (Å²) < 4.78 is 18.4. The highest BCUT2D eigenvalue weighted by Crippen LogP contribution is 2.24. The molecule has 0 aliphatic rings. The van der Waals surface area contributed by atoms with Crippen LogP contribution in [0, 0.1) is 12.7 Å². The minimum atomic E-state index is -0.494. The molecule has 0 amide bonds. The molecule has 0 bridgehead atoms. The Balaban J connectivity index is 2.47. The molecule has 0 aliphatic heterocycles. The maximum atomic E-state index is 13.2. The number of rotatable bonds is 3. The van der Waals surface area contributed by atoms with Crippen molar-refractivity contribution in [3.63, 3.8) is 0 Å². The summed E-state index contributed by atoms with van der Waals surface area (Å²) in [5, 5.41) is 0.228. The first kappa shape index (κ1) is 13.6. The van der Waals surface area contributed by atoms with Crippen LogP contribution in [0.2, 0.25) is 5.02 Å². The van der Waals surface area contributed by atoms with E-state index in [9.17, 15) is 9.18 Å². The van der Waals surface area contributed by atoms with E-state index in [2.05, 4.69) is 0 Å². The summed E-state index contributed by atoms with van der Waals surface area (Å²) in [5.74, 6) is -0.215. The molecule has 0 atom stereocenters. The minimum absolute atomic E-state index is 0.146. The summed E-state index contributed by atoms with van der Waals surface area (Å²) >= 11 is 5.93. The Kier molecular flexibility index (Phi) is 3.86. The highest BCUT2D eigenvalue weighted by atomic mass is 35.5. The van der Waals surface area contributed by atoms with Gasteiger partial charge in [-0.05, 0) is 36.8 Å². The third-order valence-electron chi connectivity index (χ3n) is 2.84. The maximum Gasteiger partial charge on any atom is 0.194 e. The number of hydrogen-bond acceptors (Lipinski definition) is 2. The van der Waals surface area contributed by atoms with E-state index in [4.69, 9.17) is 16.3 Å². The fraction of sp³-hybridized carbons (Fsp3) is 0.133. The van der Waals surface area contributed by atoms with Gasteiger partial charge in [-0.15, -0.1) is 0 Å². The number of carbonyl (C=O) groups is 1. The van der Waals surface area contributed by atoms with Crippen molar-refractivity contribution in [2.45, 2.75) is 6.92 Å². The molecule has 0 N–H and O–H groups in total. The summed E-state index contributed by atoms with van der Waals surface area (Å²) in [4.78, 5) is 12.3. The number of halogens is 2. The van der Waals surface area contributed by atoms with Crippen molar-refractivity contribution in [2.75, 3.05) is 7.11 Å². The first-order valence-electron chi connectivity index (χ1n) is 5.67. The van der Waals surface area contributed by atoms with E-state index < -0.39 is 5.82 Å². The van der Waals surface area contributed by atoms with Crippen LogP contribution in [0.25, 0.3) is 0 Å². The van der Waals surface area contributed by atoms with Crippen LogP contribution in [0.4, 0.5) is 4.39 Å². The van der Waals surface area contributed by atoms with E-state index in [0.29, 0.717) is 11.3 Å². The molecule has 0 heterocycles. The summed E-state index contributed by atoms with van der Waals surface area (Å²) in [5.41, 5.74) is 1.48. The SMILES string of the molecule is COc1cc(C(=O)c2cc(F)ccc2Cl)ccc1C. The van der Waals surface area contributed by atoms with Crippen LogP contribution < -0.4 is 4.74 Å². The summed E-state index contributed by atoms with van der Waals surface area (Å²) in [6.45, 7) is 1.88. The van der Waals surface area contributed by atoms with E-state index in [1.54, 1.807) is 18.2 Å². The molecule has 2 aromatic carbocycles. The van der Waals surface area contributed by atoms with Gasteiger partial charge in [-0.1, -0.05) is 23.7 Å². The second-order valence-electron chi connectivity index (χ2n) is 4.14. The van der Waals surface area contributed by atoms with Crippen LogP contribution in [0.15, 0.2) is 36.4 Å². The second kappa shape index (κ2) is 5.41. The van der Waals surface area contributed by atoms with Gasteiger partial charge in [0.2, 0.25) is 0 Å². The van der Waals surface area contributed by atoms with Gasteiger partial charge in [0.1, 0.15) is 11.6 Å². The lowest BCUT2D eigenvalue weighted by molar-refractivity contribution is 0.103. The Morgan fingerprint density at radius 1 is 1.21 bits per heavy atom. The molecule has 0 aliphatic carbocycles. The first-order chi connectivity index (χ1) is 9.02. The third-order valence-corrected chi connectivity index (χ3v) is 3.17. The number of hydrogen-bond donors (Lipinski definition) is 0. The smallest absolute Gasteiger partial charge is 0.194 e. The number of carbonyl (C=O) groups excluding carboxylic acids is 1. The van der Waals surface area contributed by atoms with Crippen molar-refractivity contribution < 1.29 is 13.9 Å². The fourth-order valence-electron chi connectivity index (χ4n) is 1.79. The van der Waals surface area contributed by atoms with Crippen LogP contribution in [0.3, 0.4) is 0 Å². The van der Waals surface area contributed by atoms with Crippen LogP contribution in [-0.4, -0.2) is 12.9 Å². The van der Waals surface area contributed by atoms with E-state index in [0.717, 1.165) is 11.6 Å². The summed E-state index contributed by atoms with van der Waals surface area (Å²) in [6, 6.07) is 8.79. The molecule has 0 fully saturated rings. The molecular formula is C15H12ClFO2. The molecule has 4 heteroatoms. The van der Waals surface area contributed by atoms with Crippen LogP contribution in [-0.2, 0) is 0 Å². The van der Waals surface area contributed by atoms with Crippen LogP contribution >= 0.6 is 11.6 Å². The van der Waals surface area contributed by atoms with Crippen molar-refractivity contribution in [3.8, 4) is 5.75 Å². The van der Waals surface area contributed by atoms with E-state index in [1.807, 2.05) is 6.92 Å². The first-order valence-corrected chi connectivity index (χ1v) is 6.05. The van der Waals surface area contributed by atoms with Gasteiger partial charge in [0.25, 0.3) is 0 Å². The van der Waals surface area contributed by atoms with E-state index in [1.165, 1.54) is 19.2 Å². The average molecular weight is 279 g/mol. The monoisotopic (exact) mass is 278 g/mol. The standard InChI is InChI=1S/C15H12ClFO2/c1-9-3-4-10(7-14(9)19-2)15(18)12-8-11(17)5-6-13(12)16/h3-8H,1-2H3. The van der Waals surface area contributed by atoms with Crippen molar-refractivity contribution in [1.29, 1.82) is 0 Å². The van der Waals surface area contributed by atoms with Gasteiger partial charge in [-0.25, -0.2) is 4.39 Å². The highest BCUT2D eigenvalue weighted by molar-refractivity contribution is 6.35. The van der Waals surface area contributed by atoms with Crippen molar-refractivity contribution in [1.82, 2.24) is 0 Å². The fourth-order valence-corrected chi connectivity index (χ4v) is 1.99. The van der Waals surface area contributed by atoms with Gasteiger partial charge in [-0.3, -0.25) is 4.79 Å². The molecular weight excluding hydrogens is 267 g/mol. The Morgan fingerprint density at radius 3 is 2.63 bits per heavy atom. The zero-order valence-corrected chi connectivity index (χ0v) is 11.3. The highest BCUT2D eigenvalue weighted by Gasteiger charge is 2.15. The zero-order valence-electron chi connectivity index (χ0n) is 10.5. The number of benzene rings is 2. The van der Waals surface area contributed by atoms with Gasteiger partial charge in [0, 0.05) is 11.1 Å². The van der Waals surface area contributed by atoms with E-state index >= 15 is 0 Å². The maximum absolute atomic E-state index is 13.2. The second-order valence-corrected chi connectivity index (χ2v) is 4.54. The number of methoxy groups -OCH3 is 1. The lowest BCUT2D eigenvalue weighted by atomic mass is 10.0. The quantitative estimate of drug-likeness (QED) is 0.793. The molecule has 2 nitrogen and oxygen atoms in total. The zero-order chi connectivity index (χ0) is 14.0. The Labute approximate surface area is 115 Å². The molecule has 0 saturated heterocycles. The largest absolute Gasteiger partial charge is 0.496 e. The van der Waals surface area contributed by atoms with Gasteiger partial charge >= 0.3 is 0 Å². The number of ether oxygens (including phenoxy) is 1. The Bertz CT molecular complexity index is 638. The van der Waals surface area contributed by atoms with Crippen molar-refractivity contribution in [2.24, 2.45) is 0 Å². The third kappa shape index (κ3) is 2.76. The minimum Gasteiger partial charge on any atom is -0.496 e. The molecule has 19 heavy (non-hydrogen) atoms. The molecule has 2 rings (SSSR count). The predicted molar refractivity (Wildman–Crippen MR) is 72.6 cm³/mol. The number of aryl methyl sites for hydroxylation is 1. The average Bonchev–Trinajstić information content (AvgIpc) is 2.41. The summed E-state index contributed by atoms with van der Waals surface area (Å²) in [7, 11) is 1.53. The predicted octanol–water partition coefficient (Wildman–Crippen LogP) is 4.03. The van der Waals surface area contributed by atoms with Crippen LogP contribution in [0.1, 0.15) is 21.5 Å². The van der Waals surface area contributed by atoms with Crippen molar-refractivity contribution >= 4 is 17.4 Å². The molecule has 0 radical (unpaired) electrons. The molecule has 0 spiro atoms. The molecule has 0 aromatic heterocycles. The van der Waals surface area contributed by atoms with Gasteiger partial charge in [0.05, 0.1) is 12.1 Å². The Morgan fingerprint density at radius 2 is 1.95 bits per heavy atom. The molecule has 0 saturated carbocycles. The Hall–Kier alpha value is -1.87. The molecule has 2 aromatic rings. The molecule has 98 valence electrons. The normalized spacial score (nSPS) is 10.3. The van der Waals surface area contributed by atoms with Gasteiger partial charge in [-0.2, -0.15) is 0 Å². The topological polar surface area (TPSA) is 26.3 Å². The number of ketones is 1. The van der Waals surface area contributed by atoms with E-state index in [-0.39, 0.29) is 16.4 Å². The lowest BCUT2D eigenvalue weighted by Gasteiger charge is -2.08. The summed E-state index contributed by atoms with van der Waals surface area (Å²) in [6.07, 6.45) is 0. The van der Waals surface area contributed by atoms with Crippen molar-refractivity contribution in [3.05, 3.63) is 63.9 Å². The van der Waals surface area contributed by atoms with Gasteiger partial charge in [0.15, 0.2) is 5.78 Å². The lowest BCUT2D eigenvalue weighted by Crippen LogP contribution is -2.03.